The summed E-state index contributed by atoms with van der Waals surface area (Å²) in [7, 11) is 4.12. The number of hydrogen-bond donors (Lipinski definition) is 1. The largest absolute Gasteiger partial charge is 0.478 e. The summed E-state index contributed by atoms with van der Waals surface area (Å²) >= 11 is 0. The highest BCUT2D eigenvalue weighted by atomic mass is 19.1. The first-order chi connectivity index (χ1) is 9.38. The molecule has 1 aliphatic heterocycles. The van der Waals surface area contributed by atoms with Gasteiger partial charge in [-0.25, -0.2) is 9.18 Å². The van der Waals surface area contributed by atoms with Gasteiger partial charge in [-0.2, -0.15) is 0 Å². The van der Waals surface area contributed by atoms with E-state index >= 15 is 0 Å². The zero-order valence-electron chi connectivity index (χ0n) is 12.1. The van der Waals surface area contributed by atoms with Gasteiger partial charge in [0.25, 0.3) is 0 Å². The molecule has 0 aliphatic carbocycles. The van der Waals surface area contributed by atoms with Crippen LogP contribution in [-0.2, 0) is 6.54 Å². The number of hydrogen-bond acceptors (Lipinski definition) is 3. The van der Waals surface area contributed by atoms with E-state index in [1.165, 1.54) is 6.07 Å². The molecule has 0 amide bonds. The van der Waals surface area contributed by atoms with Crippen molar-refractivity contribution in [3.8, 4) is 0 Å². The molecule has 2 unspecified atom stereocenters. The summed E-state index contributed by atoms with van der Waals surface area (Å²) in [4.78, 5) is 15.6. The standard InChI is InChI=1S/C15H21FN2O2/c1-10-7-18(9-14(10)17(2)3)8-11-4-5-12(16)6-13(11)15(19)20/h4-6,10,14H,7-9H2,1-3H3,(H,19,20). The Labute approximate surface area is 118 Å². The molecule has 20 heavy (non-hydrogen) atoms. The lowest BCUT2D eigenvalue weighted by atomic mass is 10.1. The molecule has 4 nitrogen and oxygen atoms in total. The van der Waals surface area contributed by atoms with Crippen molar-refractivity contribution in [2.24, 2.45) is 5.92 Å². The smallest absolute Gasteiger partial charge is 0.336 e. The maximum atomic E-state index is 13.2. The van der Waals surface area contributed by atoms with Crippen LogP contribution in [0.1, 0.15) is 22.8 Å². The van der Waals surface area contributed by atoms with Crippen LogP contribution in [-0.4, -0.2) is 54.1 Å². The Kier molecular flexibility index (Phi) is 4.40. The second kappa shape index (κ2) is 5.89. The zero-order valence-corrected chi connectivity index (χ0v) is 12.1. The Morgan fingerprint density at radius 2 is 2.15 bits per heavy atom. The molecule has 0 spiro atoms. The normalized spacial score (nSPS) is 23.4. The fraction of sp³-hybridized carbons (Fsp3) is 0.533. The zero-order chi connectivity index (χ0) is 14.9. The molecule has 1 aromatic carbocycles. The first kappa shape index (κ1) is 14.9. The van der Waals surface area contributed by atoms with E-state index in [2.05, 4.69) is 30.8 Å². The van der Waals surface area contributed by atoms with Gasteiger partial charge in [-0.1, -0.05) is 13.0 Å². The number of nitrogens with zero attached hydrogens (tertiary/aromatic N) is 2. The molecule has 2 atom stereocenters. The van der Waals surface area contributed by atoms with Crippen molar-refractivity contribution in [3.05, 3.63) is 35.1 Å². The van der Waals surface area contributed by atoms with Crippen LogP contribution in [0.25, 0.3) is 0 Å². The molecule has 1 heterocycles. The van der Waals surface area contributed by atoms with Gasteiger partial charge in [-0.05, 0) is 37.7 Å². The molecule has 5 heteroatoms. The maximum Gasteiger partial charge on any atom is 0.336 e. The summed E-state index contributed by atoms with van der Waals surface area (Å²) in [5.41, 5.74) is 0.733. The lowest BCUT2D eigenvalue weighted by Crippen LogP contribution is -2.34. The van der Waals surface area contributed by atoms with Crippen LogP contribution in [0.4, 0.5) is 4.39 Å². The van der Waals surface area contributed by atoms with E-state index in [1.54, 1.807) is 6.07 Å². The minimum atomic E-state index is -1.07. The van der Waals surface area contributed by atoms with E-state index in [-0.39, 0.29) is 5.56 Å². The predicted octanol–water partition coefficient (Wildman–Crippen LogP) is 1.91. The lowest BCUT2D eigenvalue weighted by molar-refractivity contribution is 0.0694. The van der Waals surface area contributed by atoms with Crippen molar-refractivity contribution in [3.63, 3.8) is 0 Å². The highest BCUT2D eigenvalue weighted by Gasteiger charge is 2.31. The van der Waals surface area contributed by atoms with E-state index in [1.807, 2.05) is 0 Å². The summed E-state index contributed by atoms with van der Waals surface area (Å²) < 4.78 is 13.2. The first-order valence-corrected chi connectivity index (χ1v) is 6.79. The van der Waals surface area contributed by atoms with Gasteiger partial charge < -0.3 is 10.0 Å². The fourth-order valence-corrected chi connectivity index (χ4v) is 2.98. The van der Waals surface area contributed by atoms with Gasteiger partial charge in [0.15, 0.2) is 0 Å². The van der Waals surface area contributed by atoms with Gasteiger partial charge in [-0.15, -0.1) is 0 Å². The number of carbonyl (C=O) groups is 1. The highest BCUT2D eigenvalue weighted by molar-refractivity contribution is 5.89. The predicted molar refractivity (Wildman–Crippen MR) is 75.3 cm³/mol. The lowest BCUT2D eigenvalue weighted by Gasteiger charge is -2.22. The van der Waals surface area contributed by atoms with E-state index in [4.69, 9.17) is 5.11 Å². The summed E-state index contributed by atoms with van der Waals surface area (Å²) in [5, 5.41) is 9.16. The van der Waals surface area contributed by atoms with Crippen molar-refractivity contribution in [1.82, 2.24) is 9.80 Å². The third kappa shape index (κ3) is 3.16. The van der Waals surface area contributed by atoms with E-state index < -0.39 is 11.8 Å². The van der Waals surface area contributed by atoms with Crippen LogP contribution >= 0.6 is 0 Å². The first-order valence-electron chi connectivity index (χ1n) is 6.79. The third-order valence-corrected chi connectivity index (χ3v) is 4.01. The summed E-state index contributed by atoms with van der Waals surface area (Å²) in [6, 6.07) is 4.47. The molecule has 1 saturated heterocycles. The molecule has 0 saturated carbocycles. The monoisotopic (exact) mass is 280 g/mol. The average Bonchev–Trinajstić information content (AvgIpc) is 2.72. The summed E-state index contributed by atoms with van der Waals surface area (Å²) in [6.45, 7) is 4.59. The minimum Gasteiger partial charge on any atom is -0.478 e. The maximum absolute atomic E-state index is 13.2. The van der Waals surface area contributed by atoms with E-state index in [0.717, 1.165) is 19.2 Å². The SMILES string of the molecule is CC1CN(Cc2ccc(F)cc2C(=O)O)CC1N(C)C. The molecule has 2 rings (SSSR count). The molecular formula is C15H21FN2O2. The van der Waals surface area contributed by atoms with Crippen molar-refractivity contribution in [1.29, 1.82) is 0 Å². The van der Waals surface area contributed by atoms with Crippen molar-refractivity contribution < 1.29 is 14.3 Å². The van der Waals surface area contributed by atoms with Gasteiger partial charge in [-0.3, -0.25) is 4.90 Å². The van der Waals surface area contributed by atoms with Crippen LogP contribution in [0.3, 0.4) is 0 Å². The van der Waals surface area contributed by atoms with Gasteiger partial charge in [0.1, 0.15) is 5.82 Å². The molecular weight excluding hydrogens is 259 g/mol. The topological polar surface area (TPSA) is 43.8 Å². The van der Waals surface area contributed by atoms with Crippen molar-refractivity contribution >= 4 is 5.97 Å². The Morgan fingerprint density at radius 3 is 2.70 bits per heavy atom. The second-order valence-corrected chi connectivity index (χ2v) is 5.81. The van der Waals surface area contributed by atoms with Gasteiger partial charge in [0, 0.05) is 25.7 Å². The fourth-order valence-electron chi connectivity index (χ4n) is 2.98. The van der Waals surface area contributed by atoms with Crippen LogP contribution in [0.5, 0.6) is 0 Å². The molecule has 0 aromatic heterocycles. The Balaban J connectivity index is 2.14. The number of carboxylic acids is 1. The molecule has 1 N–H and O–H groups in total. The number of likely N-dealkylation sites (N-methyl/N-ethyl adjacent to an activating group) is 1. The van der Waals surface area contributed by atoms with Gasteiger partial charge >= 0.3 is 5.97 Å². The van der Waals surface area contributed by atoms with Crippen LogP contribution in [0.15, 0.2) is 18.2 Å². The summed E-state index contributed by atoms with van der Waals surface area (Å²) in [5.74, 6) is -1.04. The Hall–Kier alpha value is -1.46. The van der Waals surface area contributed by atoms with E-state index in [9.17, 15) is 9.18 Å². The number of benzene rings is 1. The van der Waals surface area contributed by atoms with Crippen molar-refractivity contribution in [2.75, 3.05) is 27.2 Å². The molecule has 1 fully saturated rings. The van der Waals surface area contributed by atoms with Crippen LogP contribution in [0.2, 0.25) is 0 Å². The second-order valence-electron chi connectivity index (χ2n) is 5.81. The molecule has 0 bridgehead atoms. The molecule has 0 radical (unpaired) electrons. The third-order valence-electron chi connectivity index (χ3n) is 4.01. The Morgan fingerprint density at radius 1 is 1.45 bits per heavy atom. The number of halogens is 1. The molecule has 1 aliphatic rings. The number of carboxylic acid groups (broad SMARTS) is 1. The van der Waals surface area contributed by atoms with Crippen LogP contribution in [0, 0.1) is 11.7 Å². The Bertz CT molecular complexity index is 505. The summed E-state index contributed by atoms with van der Waals surface area (Å²) in [6.07, 6.45) is 0. The minimum absolute atomic E-state index is 0.0611. The van der Waals surface area contributed by atoms with E-state index in [0.29, 0.717) is 24.1 Å². The van der Waals surface area contributed by atoms with Crippen LogP contribution < -0.4 is 0 Å². The number of aromatic carboxylic acids is 1. The number of rotatable bonds is 4. The van der Waals surface area contributed by atoms with Crippen molar-refractivity contribution in [2.45, 2.75) is 19.5 Å². The molecule has 110 valence electrons. The number of likely N-dealkylation sites (tertiary alicyclic amines) is 1. The average molecular weight is 280 g/mol. The highest BCUT2D eigenvalue weighted by Crippen LogP contribution is 2.23. The quantitative estimate of drug-likeness (QED) is 0.915. The van der Waals surface area contributed by atoms with Gasteiger partial charge in [0.2, 0.25) is 0 Å². The van der Waals surface area contributed by atoms with Gasteiger partial charge in [0.05, 0.1) is 5.56 Å². The molecule has 1 aromatic rings.